The van der Waals surface area contributed by atoms with E-state index in [1.807, 2.05) is 0 Å². The largest absolute Gasteiger partial charge is 0.220 e. The molecule has 1 heterocycles. The van der Waals surface area contributed by atoms with E-state index in [0.29, 0.717) is 0 Å². The van der Waals surface area contributed by atoms with E-state index >= 15 is 0 Å². The fraction of sp³-hybridized carbons (Fsp3) is 0.423. The lowest BCUT2D eigenvalue weighted by molar-refractivity contribution is -0.665. The van der Waals surface area contributed by atoms with Gasteiger partial charge < -0.3 is 0 Å². The summed E-state index contributed by atoms with van der Waals surface area (Å²) in [6.45, 7) is 6.70. The highest BCUT2D eigenvalue weighted by atomic mass is 14.9. The average molecular weight is 359 g/mol. The van der Waals surface area contributed by atoms with E-state index < -0.39 is 0 Å². The molecule has 0 aliphatic heterocycles. The molecule has 1 heteroatoms. The van der Waals surface area contributed by atoms with Crippen molar-refractivity contribution in [2.75, 3.05) is 0 Å². The monoisotopic (exact) mass is 358 g/mol. The number of nitrogens with zero attached hydrogens (tertiary/aromatic N) is 1. The Labute approximate surface area is 164 Å². The van der Waals surface area contributed by atoms with E-state index in [1.165, 1.54) is 71.0 Å². The fourth-order valence-electron chi connectivity index (χ4n) is 4.75. The van der Waals surface area contributed by atoms with Crippen molar-refractivity contribution in [3.8, 4) is 11.3 Å². The standard InChI is InChI=1S/C26H32N/c1-5-20-12-11-18(2)25(16-20)26-24-14-13-22(21-9-7-6-8-10-21)17-23(24)15-19(3)27(26)4/h11-17,21H,5-10H2,1-4H3/q+1. The summed E-state index contributed by atoms with van der Waals surface area (Å²) >= 11 is 0. The minimum Gasteiger partial charge on any atom is -0.198 e. The molecule has 2 aromatic carbocycles. The zero-order valence-corrected chi connectivity index (χ0v) is 17.3. The number of fused-ring (bicyclic) bond motifs is 1. The van der Waals surface area contributed by atoms with Gasteiger partial charge in [0.25, 0.3) is 0 Å². The summed E-state index contributed by atoms with van der Waals surface area (Å²) in [5.74, 6) is 0.756. The van der Waals surface area contributed by atoms with Crippen LogP contribution in [0, 0.1) is 13.8 Å². The lowest BCUT2D eigenvalue weighted by Crippen LogP contribution is -2.35. The summed E-state index contributed by atoms with van der Waals surface area (Å²) in [4.78, 5) is 0. The van der Waals surface area contributed by atoms with Crippen LogP contribution in [0.15, 0.2) is 42.5 Å². The zero-order valence-electron chi connectivity index (χ0n) is 17.3. The minimum atomic E-state index is 0.756. The van der Waals surface area contributed by atoms with Crippen LogP contribution in [-0.4, -0.2) is 0 Å². The Morgan fingerprint density at radius 2 is 1.70 bits per heavy atom. The number of aromatic nitrogens is 1. The maximum Gasteiger partial charge on any atom is 0.220 e. The summed E-state index contributed by atoms with van der Waals surface area (Å²) < 4.78 is 2.37. The van der Waals surface area contributed by atoms with Gasteiger partial charge in [-0.15, -0.1) is 0 Å². The van der Waals surface area contributed by atoms with E-state index in [9.17, 15) is 0 Å². The van der Waals surface area contributed by atoms with Gasteiger partial charge in [0, 0.05) is 18.6 Å². The molecule has 1 aromatic heterocycles. The van der Waals surface area contributed by atoms with Crippen molar-refractivity contribution in [1.82, 2.24) is 0 Å². The maximum absolute atomic E-state index is 2.47. The molecule has 1 saturated carbocycles. The molecule has 27 heavy (non-hydrogen) atoms. The molecular weight excluding hydrogens is 326 g/mol. The molecule has 0 atom stereocenters. The molecule has 1 aliphatic carbocycles. The van der Waals surface area contributed by atoms with Gasteiger partial charge >= 0.3 is 0 Å². The normalized spacial score (nSPS) is 15.4. The molecule has 0 radical (unpaired) electrons. The van der Waals surface area contributed by atoms with Gasteiger partial charge in [-0.2, -0.15) is 4.57 Å². The number of hydrogen-bond donors (Lipinski definition) is 0. The van der Waals surface area contributed by atoms with Crippen molar-refractivity contribution < 1.29 is 4.57 Å². The quantitative estimate of drug-likeness (QED) is 0.467. The van der Waals surface area contributed by atoms with Crippen LogP contribution in [0.4, 0.5) is 0 Å². The Kier molecular flexibility index (Phi) is 5.04. The Balaban J connectivity index is 1.91. The SMILES string of the molecule is CCc1ccc(C)c(-c2c3ccc(C4CCCCC4)cc3cc(C)[n+]2C)c1. The summed E-state index contributed by atoms with van der Waals surface area (Å²) in [5.41, 5.74) is 8.35. The minimum absolute atomic E-state index is 0.756. The lowest BCUT2D eigenvalue weighted by atomic mass is 9.83. The average Bonchev–Trinajstić information content (AvgIpc) is 2.70. The first-order chi connectivity index (χ1) is 13.1. The zero-order chi connectivity index (χ0) is 19.0. The highest BCUT2D eigenvalue weighted by Gasteiger charge is 2.22. The second-order valence-corrected chi connectivity index (χ2v) is 8.38. The van der Waals surface area contributed by atoms with E-state index in [2.05, 4.69) is 74.9 Å². The van der Waals surface area contributed by atoms with Crippen molar-refractivity contribution in [2.45, 2.75) is 65.2 Å². The predicted molar refractivity (Wildman–Crippen MR) is 115 cm³/mol. The molecule has 4 rings (SSSR count). The third kappa shape index (κ3) is 3.40. The Morgan fingerprint density at radius 3 is 2.44 bits per heavy atom. The van der Waals surface area contributed by atoms with Crippen molar-refractivity contribution in [1.29, 1.82) is 0 Å². The molecule has 3 aromatic rings. The first-order valence-corrected chi connectivity index (χ1v) is 10.6. The molecule has 0 spiro atoms. The number of hydrogen-bond acceptors (Lipinski definition) is 0. The maximum atomic E-state index is 2.47. The van der Waals surface area contributed by atoms with Gasteiger partial charge in [0.2, 0.25) is 5.69 Å². The van der Waals surface area contributed by atoms with E-state index in [4.69, 9.17) is 0 Å². The van der Waals surface area contributed by atoms with Crippen LogP contribution in [0.1, 0.15) is 67.3 Å². The van der Waals surface area contributed by atoms with Crippen LogP contribution < -0.4 is 4.57 Å². The Hall–Kier alpha value is -2.15. The van der Waals surface area contributed by atoms with Crippen LogP contribution in [0.3, 0.4) is 0 Å². The summed E-state index contributed by atoms with van der Waals surface area (Å²) in [6.07, 6.45) is 7.98. The van der Waals surface area contributed by atoms with Crippen molar-refractivity contribution in [2.24, 2.45) is 7.05 Å². The molecule has 0 N–H and O–H groups in total. The second kappa shape index (κ2) is 7.46. The van der Waals surface area contributed by atoms with Crippen LogP contribution in [-0.2, 0) is 13.5 Å². The van der Waals surface area contributed by atoms with Crippen LogP contribution in [0.5, 0.6) is 0 Å². The molecule has 1 aliphatic rings. The third-order valence-electron chi connectivity index (χ3n) is 6.60. The van der Waals surface area contributed by atoms with Gasteiger partial charge in [0.05, 0.1) is 5.39 Å². The van der Waals surface area contributed by atoms with Gasteiger partial charge in [0.1, 0.15) is 7.05 Å². The highest BCUT2D eigenvalue weighted by molar-refractivity contribution is 5.94. The van der Waals surface area contributed by atoms with E-state index in [1.54, 1.807) is 5.56 Å². The lowest BCUT2D eigenvalue weighted by Gasteiger charge is -2.22. The van der Waals surface area contributed by atoms with Crippen LogP contribution in [0.2, 0.25) is 0 Å². The van der Waals surface area contributed by atoms with Crippen LogP contribution in [0.25, 0.3) is 22.0 Å². The first-order valence-electron chi connectivity index (χ1n) is 10.6. The van der Waals surface area contributed by atoms with Gasteiger partial charge in [-0.25, -0.2) is 0 Å². The molecular formula is C26H32N+. The fourth-order valence-corrected chi connectivity index (χ4v) is 4.75. The predicted octanol–water partition coefficient (Wildman–Crippen LogP) is 6.56. The van der Waals surface area contributed by atoms with Gasteiger partial charge in [-0.05, 0) is 66.3 Å². The molecule has 0 amide bonds. The highest BCUT2D eigenvalue weighted by Crippen LogP contribution is 2.36. The van der Waals surface area contributed by atoms with Crippen molar-refractivity contribution in [3.63, 3.8) is 0 Å². The van der Waals surface area contributed by atoms with Gasteiger partial charge in [0.15, 0.2) is 5.69 Å². The van der Waals surface area contributed by atoms with Crippen molar-refractivity contribution >= 4 is 10.8 Å². The number of pyridine rings is 1. The van der Waals surface area contributed by atoms with Gasteiger partial charge in [-0.3, -0.25) is 0 Å². The number of aryl methyl sites for hydroxylation is 3. The smallest absolute Gasteiger partial charge is 0.198 e. The second-order valence-electron chi connectivity index (χ2n) is 8.38. The Morgan fingerprint density at radius 1 is 0.926 bits per heavy atom. The molecule has 0 saturated heterocycles. The third-order valence-corrected chi connectivity index (χ3v) is 6.60. The summed E-state index contributed by atoms with van der Waals surface area (Å²) in [6, 6.07) is 16.5. The van der Waals surface area contributed by atoms with Gasteiger partial charge in [-0.1, -0.05) is 50.5 Å². The number of benzene rings is 2. The van der Waals surface area contributed by atoms with E-state index in [0.717, 1.165) is 12.3 Å². The van der Waals surface area contributed by atoms with Crippen LogP contribution >= 0.6 is 0 Å². The van der Waals surface area contributed by atoms with E-state index in [-0.39, 0.29) is 0 Å². The Bertz CT molecular complexity index is 977. The molecule has 1 fully saturated rings. The first kappa shape index (κ1) is 18.2. The molecule has 0 unspecified atom stereocenters. The number of rotatable bonds is 3. The van der Waals surface area contributed by atoms with Crippen molar-refractivity contribution in [3.05, 3.63) is 64.8 Å². The summed E-state index contributed by atoms with van der Waals surface area (Å²) in [7, 11) is 2.21. The molecule has 140 valence electrons. The molecule has 0 bridgehead atoms. The molecule has 1 nitrogen and oxygen atoms in total. The topological polar surface area (TPSA) is 3.88 Å². The summed E-state index contributed by atoms with van der Waals surface area (Å²) in [5, 5.41) is 2.77.